The average Bonchev–Trinajstić information content (AvgIpc) is 3.90. The van der Waals surface area contributed by atoms with Crippen LogP contribution in [0.15, 0.2) is 30.3 Å². The number of aromatic amines is 1. The van der Waals surface area contributed by atoms with Crippen LogP contribution in [0, 0.1) is 25.2 Å². The summed E-state index contributed by atoms with van der Waals surface area (Å²) in [5.41, 5.74) is 2.01. The van der Waals surface area contributed by atoms with E-state index >= 15 is 8.78 Å². The molecule has 4 bridgehead atoms. The van der Waals surface area contributed by atoms with E-state index in [-0.39, 0.29) is 51.9 Å². The number of aryl methyl sites for hydroxylation is 1. The minimum absolute atomic E-state index is 0.0117. The zero-order chi connectivity index (χ0) is 46.3. The number of carbonyl (C=O) groups is 2. The van der Waals surface area contributed by atoms with Crippen molar-refractivity contribution in [3.05, 3.63) is 75.0 Å². The number of Topliss-reactive ketones (excluding diaryl/α,β-unsaturated/α-hetero) is 1. The van der Waals surface area contributed by atoms with Gasteiger partial charge < -0.3 is 33.8 Å². The van der Waals surface area contributed by atoms with Crippen molar-refractivity contribution in [2.24, 2.45) is 0 Å². The topological polar surface area (TPSA) is 159 Å². The summed E-state index contributed by atoms with van der Waals surface area (Å²) < 4.78 is 130. The van der Waals surface area contributed by atoms with Crippen LogP contribution in [0.5, 0.6) is 28.7 Å². The van der Waals surface area contributed by atoms with Crippen molar-refractivity contribution >= 4 is 34.4 Å². The SMILES string of the molecule is COc1c(C)cc2c(c1O)[C@@H]1C3[C@@H]4SC[C@]5(NCCc6c5[nH]c5ccccc65)C(=O)COC[C@H](c5c6c(c(C)c(OC(=O)C(F)(F)C(F)(F)C(F)(F)F)c54)OCO6)N3[C@@H](C#N)[C@@H](C2)N1C. The Kier molecular flexibility index (Phi) is 9.98. The van der Waals surface area contributed by atoms with Crippen LogP contribution in [-0.4, -0.2) is 114 Å². The number of piperazine rings is 1. The second-order valence-corrected chi connectivity index (χ2v) is 18.3. The van der Waals surface area contributed by atoms with Crippen molar-refractivity contribution in [2.75, 3.05) is 46.5 Å². The highest BCUT2D eigenvalue weighted by Gasteiger charge is 2.77. The zero-order valence-electron chi connectivity index (χ0n) is 35.0. The molecule has 2 saturated heterocycles. The van der Waals surface area contributed by atoms with Crippen LogP contribution >= 0.6 is 11.8 Å². The highest BCUT2D eigenvalue weighted by atomic mass is 32.2. The minimum Gasteiger partial charge on any atom is -0.504 e. The third-order valence-corrected chi connectivity index (χ3v) is 15.5. The Balaban J connectivity index is 1.25. The number of halogens is 7. The van der Waals surface area contributed by atoms with Gasteiger partial charge in [-0.25, -0.2) is 4.79 Å². The van der Waals surface area contributed by atoms with Crippen LogP contribution in [0.2, 0.25) is 0 Å². The summed E-state index contributed by atoms with van der Waals surface area (Å²) in [7, 11) is 3.14. The number of hydrogen-bond acceptors (Lipinski definition) is 13. The smallest absolute Gasteiger partial charge is 0.460 e. The number of phenols is 1. The van der Waals surface area contributed by atoms with Gasteiger partial charge in [-0.2, -0.15) is 36.0 Å². The molecule has 2 fully saturated rings. The molecule has 8 heterocycles. The third kappa shape index (κ3) is 5.92. The Morgan fingerprint density at radius 3 is 2.52 bits per heavy atom. The molecule has 7 aliphatic rings. The number of thioether (sulfide) groups is 1. The number of hydrogen-bond donors (Lipinski definition) is 3. The lowest BCUT2D eigenvalue weighted by molar-refractivity contribution is -0.346. The van der Waals surface area contributed by atoms with Crippen molar-refractivity contribution in [3.63, 3.8) is 0 Å². The second kappa shape index (κ2) is 14.9. The number of ether oxygens (including phenoxy) is 5. The number of ketones is 1. The van der Waals surface area contributed by atoms with Gasteiger partial charge in [0.05, 0.1) is 37.1 Å². The van der Waals surface area contributed by atoms with E-state index < -0.39 is 96.5 Å². The van der Waals surface area contributed by atoms with Crippen LogP contribution in [0.3, 0.4) is 0 Å². The number of rotatable bonds is 4. The standard InChI is InChI=1S/C44H40F7N5O8S/c1-18-11-20-12-24-25(13-52)56-26-14-61-15-27(57)41(39-22(9-10-53-41)21-7-5-6-8-23(21)54-39)16-65-38(32(56)31(55(24)3)28(20)33(58)34(18)60-4)30-29(26)37-36(62-17-63-37)19(2)35(30)64-40(59)42(45,46)43(47,48)44(49,50)51/h5-8,11,24-26,31-32,38,53-54,58H,9-10,12,14-17H2,1-4H3/t24-,25+,26-,31-,32?,38-,41+/m1/s1. The Hall–Kier alpha value is -5.27. The van der Waals surface area contributed by atoms with Gasteiger partial charge in [-0.05, 0) is 56.5 Å². The lowest BCUT2D eigenvalue weighted by atomic mass is 9.71. The number of aromatic hydroxyl groups is 1. The molecule has 0 aliphatic carbocycles. The van der Waals surface area contributed by atoms with Crippen molar-refractivity contribution in [1.29, 1.82) is 5.26 Å². The first-order chi connectivity index (χ1) is 30.8. The molecule has 344 valence electrons. The zero-order valence-corrected chi connectivity index (χ0v) is 35.8. The van der Waals surface area contributed by atoms with Crippen molar-refractivity contribution in [3.8, 4) is 34.8 Å². The van der Waals surface area contributed by atoms with Gasteiger partial charge in [-0.3, -0.25) is 19.9 Å². The molecule has 1 spiro atoms. The number of carbonyl (C=O) groups excluding carboxylic acids is 2. The molecule has 7 atom stereocenters. The first-order valence-corrected chi connectivity index (χ1v) is 21.7. The Bertz CT molecular complexity index is 2740. The van der Waals surface area contributed by atoms with E-state index in [9.17, 15) is 41.9 Å². The summed E-state index contributed by atoms with van der Waals surface area (Å²) in [5.74, 6) is -18.0. The summed E-state index contributed by atoms with van der Waals surface area (Å²) in [6.07, 6.45) is -6.05. The average molecular weight is 932 g/mol. The van der Waals surface area contributed by atoms with Gasteiger partial charge >= 0.3 is 24.0 Å². The van der Waals surface area contributed by atoms with E-state index in [0.717, 1.165) is 28.2 Å². The number of fused-ring (bicyclic) bond motifs is 12. The number of alkyl halides is 7. The van der Waals surface area contributed by atoms with Gasteiger partial charge in [0.25, 0.3) is 0 Å². The van der Waals surface area contributed by atoms with Gasteiger partial charge in [-0.1, -0.05) is 24.3 Å². The Morgan fingerprint density at radius 1 is 1.06 bits per heavy atom. The molecule has 65 heavy (non-hydrogen) atoms. The molecule has 3 N–H and O–H groups in total. The monoisotopic (exact) mass is 931 g/mol. The Morgan fingerprint density at radius 2 is 1.80 bits per heavy atom. The van der Waals surface area contributed by atoms with E-state index in [1.807, 2.05) is 40.1 Å². The first kappa shape index (κ1) is 43.6. The van der Waals surface area contributed by atoms with Crippen LogP contribution in [0.4, 0.5) is 30.7 Å². The molecule has 1 aromatic heterocycles. The number of likely N-dealkylation sites (N-methyl/N-ethyl adjacent to an activating group) is 1. The molecule has 11 rings (SSSR count). The highest BCUT2D eigenvalue weighted by molar-refractivity contribution is 7.99. The molecule has 1 unspecified atom stereocenters. The molecule has 3 aromatic carbocycles. The summed E-state index contributed by atoms with van der Waals surface area (Å²) in [6, 6.07) is 7.12. The number of methoxy groups -OCH3 is 1. The summed E-state index contributed by atoms with van der Waals surface area (Å²) in [5, 5.41) is 26.4. The lowest BCUT2D eigenvalue weighted by Gasteiger charge is -2.61. The number of para-hydroxylation sites is 1. The van der Waals surface area contributed by atoms with E-state index in [1.165, 1.54) is 14.0 Å². The molecular formula is C44H40F7N5O8S. The molecule has 13 nitrogen and oxygen atoms in total. The maximum atomic E-state index is 15.4. The number of nitrogens with one attached hydrogen (secondary N) is 2. The minimum atomic E-state index is -6.85. The Labute approximate surface area is 370 Å². The van der Waals surface area contributed by atoms with E-state index in [0.29, 0.717) is 35.3 Å². The first-order valence-electron chi connectivity index (χ1n) is 20.7. The maximum absolute atomic E-state index is 15.4. The van der Waals surface area contributed by atoms with Crippen LogP contribution in [-0.2, 0) is 32.7 Å². The molecule has 21 heteroatoms. The van der Waals surface area contributed by atoms with Crippen molar-refractivity contribution in [1.82, 2.24) is 20.1 Å². The summed E-state index contributed by atoms with van der Waals surface area (Å²) in [4.78, 5) is 35.5. The lowest BCUT2D eigenvalue weighted by Crippen LogP contribution is -2.69. The molecule has 0 amide bonds. The van der Waals surface area contributed by atoms with Crippen LogP contribution in [0.1, 0.15) is 62.0 Å². The van der Waals surface area contributed by atoms with Crippen LogP contribution in [0.25, 0.3) is 10.9 Å². The third-order valence-electron chi connectivity index (χ3n) is 14.0. The fourth-order valence-corrected chi connectivity index (χ4v) is 12.8. The van der Waals surface area contributed by atoms with Crippen molar-refractivity contribution in [2.45, 2.75) is 85.7 Å². The highest BCUT2D eigenvalue weighted by Crippen LogP contribution is 2.65. The predicted octanol–water partition coefficient (Wildman–Crippen LogP) is 6.61. The molecular weight excluding hydrogens is 892 g/mol. The number of esters is 1. The number of phenolic OH excluding ortho intramolecular Hbond substituents is 1. The van der Waals surface area contributed by atoms with Gasteiger partial charge in [0, 0.05) is 63.2 Å². The number of nitrogens with zero attached hydrogens (tertiary/aromatic N) is 3. The normalized spacial score (nSPS) is 27.6. The van der Waals surface area contributed by atoms with Crippen LogP contribution < -0.4 is 24.3 Å². The number of nitriles is 1. The van der Waals surface area contributed by atoms with Gasteiger partial charge in [-0.15, -0.1) is 11.8 Å². The van der Waals surface area contributed by atoms with E-state index in [1.54, 1.807) is 14.0 Å². The molecule has 7 aliphatic heterocycles. The van der Waals surface area contributed by atoms with E-state index in [4.69, 9.17) is 23.7 Å². The van der Waals surface area contributed by atoms with Gasteiger partial charge in [0.2, 0.25) is 6.79 Å². The fourth-order valence-electron chi connectivity index (χ4n) is 11.1. The second-order valence-electron chi connectivity index (χ2n) is 17.2. The van der Waals surface area contributed by atoms with Gasteiger partial charge in [0.1, 0.15) is 23.9 Å². The molecule has 0 radical (unpaired) electrons. The number of H-pyrrole nitrogens is 1. The summed E-state index contributed by atoms with van der Waals surface area (Å²) >= 11 is 1.09. The number of aromatic nitrogens is 1. The molecule has 0 saturated carbocycles. The number of benzene rings is 3. The quantitative estimate of drug-likeness (QED) is 0.114. The predicted molar refractivity (Wildman–Crippen MR) is 217 cm³/mol. The largest absolute Gasteiger partial charge is 0.504 e. The molecule has 4 aromatic rings. The maximum Gasteiger partial charge on any atom is 0.460 e. The fraction of sp³-hybridized carbons (Fsp3) is 0.477. The van der Waals surface area contributed by atoms with E-state index in [2.05, 4.69) is 16.4 Å². The summed E-state index contributed by atoms with van der Waals surface area (Å²) in [6.45, 7) is 2.00. The van der Waals surface area contributed by atoms with Gasteiger partial charge in [0.15, 0.2) is 28.8 Å². The van der Waals surface area contributed by atoms with Crippen molar-refractivity contribution < 1.29 is 69.1 Å².